The van der Waals surface area contributed by atoms with Gasteiger partial charge in [-0.15, -0.1) is 0 Å². The second-order valence-electron chi connectivity index (χ2n) is 3.80. The summed E-state index contributed by atoms with van der Waals surface area (Å²) in [4.78, 5) is 11.2. The Kier molecular flexibility index (Phi) is 4.90. The highest BCUT2D eigenvalue weighted by molar-refractivity contribution is 5.80. The molecule has 0 aliphatic rings. The summed E-state index contributed by atoms with van der Waals surface area (Å²) < 4.78 is 18.1. The maximum Gasteiger partial charge on any atom is 0.236 e. The highest BCUT2D eigenvalue weighted by Gasteiger charge is 2.07. The van der Waals surface area contributed by atoms with Crippen molar-refractivity contribution in [2.75, 3.05) is 13.7 Å². The van der Waals surface area contributed by atoms with Crippen LogP contribution in [0.3, 0.4) is 0 Å². The molecule has 0 saturated carbocycles. The average molecular weight is 240 g/mol. The van der Waals surface area contributed by atoms with Crippen LogP contribution < -0.4 is 15.8 Å². The van der Waals surface area contributed by atoms with Gasteiger partial charge in [-0.25, -0.2) is 4.39 Å². The number of amides is 1. The molecule has 0 saturated heterocycles. The first kappa shape index (κ1) is 13.4. The van der Waals surface area contributed by atoms with Gasteiger partial charge in [0, 0.05) is 6.54 Å². The van der Waals surface area contributed by atoms with Crippen LogP contribution in [0.1, 0.15) is 12.5 Å². The molecule has 1 rings (SSSR count). The van der Waals surface area contributed by atoms with E-state index in [4.69, 9.17) is 10.5 Å². The minimum absolute atomic E-state index is 0.209. The van der Waals surface area contributed by atoms with E-state index < -0.39 is 11.9 Å². The molecular formula is C12H17FN2O2. The fourth-order valence-electron chi connectivity index (χ4n) is 1.36. The summed E-state index contributed by atoms with van der Waals surface area (Å²) in [5.41, 5.74) is 6.19. The van der Waals surface area contributed by atoms with Gasteiger partial charge in [0.25, 0.3) is 0 Å². The lowest BCUT2D eigenvalue weighted by Gasteiger charge is -2.08. The number of hydrogen-bond acceptors (Lipinski definition) is 3. The number of carbonyl (C=O) groups excluding carboxylic acids is 1. The molecule has 0 radical (unpaired) electrons. The summed E-state index contributed by atoms with van der Waals surface area (Å²) in [6.07, 6.45) is 0.555. The van der Waals surface area contributed by atoms with E-state index in [0.29, 0.717) is 13.0 Å². The molecule has 1 unspecified atom stereocenters. The SMILES string of the molecule is COc1ccc(CCNC(=O)C(C)N)cc1F. The monoisotopic (exact) mass is 240 g/mol. The third-order valence-electron chi connectivity index (χ3n) is 2.34. The maximum absolute atomic E-state index is 13.3. The number of hydrogen-bond donors (Lipinski definition) is 2. The maximum atomic E-state index is 13.3. The van der Waals surface area contributed by atoms with Crippen LogP contribution in [0.5, 0.6) is 5.75 Å². The minimum Gasteiger partial charge on any atom is -0.494 e. The first-order valence-electron chi connectivity index (χ1n) is 5.40. The summed E-state index contributed by atoms with van der Waals surface area (Å²) in [5, 5.41) is 2.66. The summed E-state index contributed by atoms with van der Waals surface area (Å²) >= 11 is 0. The van der Waals surface area contributed by atoms with Crippen molar-refractivity contribution in [3.8, 4) is 5.75 Å². The Morgan fingerprint density at radius 2 is 2.29 bits per heavy atom. The van der Waals surface area contributed by atoms with E-state index in [1.807, 2.05) is 0 Å². The van der Waals surface area contributed by atoms with Crippen molar-refractivity contribution in [1.29, 1.82) is 0 Å². The van der Waals surface area contributed by atoms with Gasteiger partial charge >= 0.3 is 0 Å². The van der Waals surface area contributed by atoms with Gasteiger partial charge in [-0.05, 0) is 31.0 Å². The van der Waals surface area contributed by atoms with E-state index in [1.54, 1.807) is 19.1 Å². The second-order valence-corrected chi connectivity index (χ2v) is 3.80. The van der Waals surface area contributed by atoms with E-state index in [1.165, 1.54) is 13.2 Å². The number of rotatable bonds is 5. The van der Waals surface area contributed by atoms with Gasteiger partial charge < -0.3 is 15.8 Å². The Hall–Kier alpha value is -1.62. The number of benzene rings is 1. The first-order valence-corrected chi connectivity index (χ1v) is 5.40. The first-order chi connectivity index (χ1) is 8.04. The van der Waals surface area contributed by atoms with Crippen LogP contribution >= 0.6 is 0 Å². The molecule has 1 atom stereocenters. The van der Waals surface area contributed by atoms with E-state index in [9.17, 15) is 9.18 Å². The smallest absolute Gasteiger partial charge is 0.236 e. The van der Waals surface area contributed by atoms with E-state index >= 15 is 0 Å². The molecule has 0 spiro atoms. The van der Waals surface area contributed by atoms with Crippen LogP contribution in [-0.4, -0.2) is 25.6 Å². The van der Waals surface area contributed by atoms with Crippen molar-refractivity contribution >= 4 is 5.91 Å². The molecule has 0 aliphatic heterocycles. The molecule has 1 amide bonds. The van der Waals surface area contributed by atoms with Gasteiger partial charge in [-0.3, -0.25) is 4.79 Å². The number of nitrogens with two attached hydrogens (primary N) is 1. The molecule has 0 heterocycles. The average Bonchev–Trinajstić information content (AvgIpc) is 2.29. The lowest BCUT2D eigenvalue weighted by atomic mass is 10.1. The number of carbonyl (C=O) groups is 1. The molecule has 1 aromatic carbocycles. The zero-order valence-corrected chi connectivity index (χ0v) is 10.00. The second kappa shape index (κ2) is 6.20. The third kappa shape index (κ3) is 4.03. The highest BCUT2D eigenvalue weighted by atomic mass is 19.1. The quantitative estimate of drug-likeness (QED) is 0.801. The number of nitrogens with one attached hydrogen (secondary N) is 1. The fraction of sp³-hybridized carbons (Fsp3) is 0.417. The highest BCUT2D eigenvalue weighted by Crippen LogP contribution is 2.17. The van der Waals surface area contributed by atoms with Crippen LogP contribution in [0.4, 0.5) is 4.39 Å². The van der Waals surface area contributed by atoms with Gasteiger partial charge in [-0.1, -0.05) is 6.07 Å². The summed E-state index contributed by atoms with van der Waals surface area (Å²) in [6.45, 7) is 2.05. The molecular weight excluding hydrogens is 223 g/mol. The number of ether oxygens (including phenoxy) is 1. The molecule has 0 bridgehead atoms. The Morgan fingerprint density at radius 3 is 2.82 bits per heavy atom. The Labute approximate surface area is 100.0 Å². The lowest BCUT2D eigenvalue weighted by molar-refractivity contribution is -0.121. The molecule has 3 N–H and O–H groups in total. The van der Waals surface area contributed by atoms with Crippen molar-refractivity contribution in [3.05, 3.63) is 29.6 Å². The predicted octanol–water partition coefficient (Wildman–Crippen LogP) is 0.840. The van der Waals surface area contributed by atoms with Gasteiger partial charge in [0.2, 0.25) is 5.91 Å². The van der Waals surface area contributed by atoms with E-state index in [-0.39, 0.29) is 11.7 Å². The molecule has 17 heavy (non-hydrogen) atoms. The van der Waals surface area contributed by atoms with Crippen molar-refractivity contribution in [2.24, 2.45) is 5.73 Å². The van der Waals surface area contributed by atoms with Gasteiger partial charge in [-0.2, -0.15) is 0 Å². The Balaban J connectivity index is 2.47. The zero-order valence-electron chi connectivity index (χ0n) is 10.00. The molecule has 5 heteroatoms. The van der Waals surface area contributed by atoms with Gasteiger partial charge in [0.05, 0.1) is 13.2 Å². The molecule has 94 valence electrons. The molecule has 0 aliphatic carbocycles. The molecule has 1 aromatic rings. The topological polar surface area (TPSA) is 64.3 Å². The Bertz CT molecular complexity index is 394. The molecule has 0 aromatic heterocycles. The standard InChI is InChI=1S/C12H17FN2O2/c1-8(14)12(16)15-6-5-9-3-4-11(17-2)10(13)7-9/h3-4,7-8H,5-6,14H2,1-2H3,(H,15,16). The van der Waals surface area contributed by atoms with Crippen LogP contribution in [0.25, 0.3) is 0 Å². The van der Waals surface area contributed by atoms with Crippen LogP contribution in [0.2, 0.25) is 0 Å². The van der Waals surface area contributed by atoms with E-state index in [2.05, 4.69) is 5.32 Å². The van der Waals surface area contributed by atoms with Crippen molar-refractivity contribution in [2.45, 2.75) is 19.4 Å². The van der Waals surface area contributed by atoms with Gasteiger partial charge in [0.1, 0.15) is 0 Å². The normalized spacial score (nSPS) is 12.0. The molecule has 0 fully saturated rings. The zero-order chi connectivity index (χ0) is 12.8. The predicted molar refractivity (Wildman–Crippen MR) is 63.3 cm³/mol. The fourth-order valence-corrected chi connectivity index (χ4v) is 1.36. The summed E-state index contributed by atoms with van der Waals surface area (Å²) in [6, 6.07) is 4.21. The van der Waals surface area contributed by atoms with Crippen molar-refractivity contribution < 1.29 is 13.9 Å². The number of halogens is 1. The Morgan fingerprint density at radius 1 is 1.59 bits per heavy atom. The number of methoxy groups -OCH3 is 1. The largest absolute Gasteiger partial charge is 0.494 e. The lowest BCUT2D eigenvalue weighted by Crippen LogP contribution is -2.39. The van der Waals surface area contributed by atoms with Crippen molar-refractivity contribution in [3.63, 3.8) is 0 Å². The summed E-state index contributed by atoms with van der Waals surface area (Å²) in [5.74, 6) is -0.393. The van der Waals surface area contributed by atoms with Gasteiger partial charge in [0.15, 0.2) is 11.6 Å². The van der Waals surface area contributed by atoms with Crippen LogP contribution in [0.15, 0.2) is 18.2 Å². The van der Waals surface area contributed by atoms with Crippen molar-refractivity contribution in [1.82, 2.24) is 5.32 Å². The summed E-state index contributed by atoms with van der Waals surface area (Å²) in [7, 11) is 1.42. The third-order valence-corrected chi connectivity index (χ3v) is 2.34. The van der Waals surface area contributed by atoms with E-state index in [0.717, 1.165) is 5.56 Å². The minimum atomic E-state index is -0.525. The van der Waals surface area contributed by atoms with Crippen LogP contribution in [-0.2, 0) is 11.2 Å². The van der Waals surface area contributed by atoms with Crippen LogP contribution in [0, 0.1) is 5.82 Å². The molecule has 4 nitrogen and oxygen atoms in total.